The predicted molar refractivity (Wildman–Crippen MR) is 42.6 cm³/mol. The monoisotopic (exact) mass is 177 g/mol. The van der Waals surface area contributed by atoms with Gasteiger partial charge >= 0.3 is 0 Å². The van der Waals surface area contributed by atoms with E-state index in [-0.39, 0.29) is 6.61 Å². The van der Waals surface area contributed by atoms with Crippen molar-refractivity contribution in [3.63, 3.8) is 0 Å². The van der Waals surface area contributed by atoms with Crippen LogP contribution < -0.4 is 0 Å². The van der Waals surface area contributed by atoms with Crippen molar-refractivity contribution in [3.05, 3.63) is 0 Å². The topological polar surface area (TPSA) is 58.9 Å². The lowest BCUT2D eigenvalue weighted by Gasteiger charge is -2.25. The van der Waals surface area contributed by atoms with Crippen molar-refractivity contribution in [2.45, 2.75) is 38.3 Å². The van der Waals surface area contributed by atoms with Crippen LogP contribution in [0.4, 0.5) is 0 Å². The largest absolute Gasteiger partial charge is 0.394 e. The Morgan fingerprint density at radius 2 is 2.00 bits per heavy atom. The van der Waals surface area contributed by atoms with Crippen molar-refractivity contribution >= 4 is 0 Å². The average molecular weight is 177 g/mol. The van der Waals surface area contributed by atoms with E-state index in [4.69, 9.17) is 16.0 Å². The number of ether oxygens (including phenoxy) is 2. The van der Waals surface area contributed by atoms with E-state index in [1.165, 1.54) is 0 Å². The molecule has 1 heterocycles. The second-order valence-electron chi connectivity index (χ2n) is 3.60. The Balaban J connectivity index is 2.85. The molecule has 0 amide bonds. The number of rotatable bonds is 2. The number of hydrogen-bond acceptors (Lipinski definition) is 4. The van der Waals surface area contributed by atoms with Gasteiger partial charge in [-0.1, -0.05) is 0 Å². The Kier molecular flexibility index (Phi) is 2.08. The first-order chi connectivity index (χ1) is 5.82. The molecule has 2 N–H and O–H groups in total. The Bertz CT molecular complexity index is 195. The second kappa shape index (κ2) is 2.96. The van der Waals surface area contributed by atoms with Gasteiger partial charge in [0.2, 0.25) is 0 Å². The van der Waals surface area contributed by atoms with Crippen molar-refractivity contribution in [2.75, 3.05) is 13.2 Å². The third-order valence-corrected chi connectivity index (χ3v) is 1.95. The highest BCUT2D eigenvalue weighted by Gasteiger charge is 2.49. The summed E-state index contributed by atoms with van der Waals surface area (Å²) in [5, 5.41) is 18.2. The molecule has 0 bridgehead atoms. The summed E-state index contributed by atoms with van der Waals surface area (Å²) in [5.74, 6) is -0.857. The SMILES string of the molecule is [2H]C(O)[C@]1(C)OC(C)(C)O[C@@H]1CO. The summed E-state index contributed by atoms with van der Waals surface area (Å²) in [6.45, 7) is 3.23. The maximum Gasteiger partial charge on any atom is 0.164 e. The van der Waals surface area contributed by atoms with E-state index in [1.54, 1.807) is 20.8 Å². The molecule has 12 heavy (non-hydrogen) atoms. The van der Waals surface area contributed by atoms with Gasteiger partial charge in [0, 0.05) is 0 Å². The molecule has 72 valence electrons. The quantitative estimate of drug-likeness (QED) is 0.617. The summed E-state index contributed by atoms with van der Waals surface area (Å²) in [5.41, 5.74) is -1.15. The lowest BCUT2D eigenvalue weighted by Crippen LogP contribution is -2.42. The zero-order valence-corrected chi connectivity index (χ0v) is 7.57. The van der Waals surface area contributed by atoms with Gasteiger partial charge in [-0.2, -0.15) is 0 Å². The van der Waals surface area contributed by atoms with Gasteiger partial charge < -0.3 is 19.7 Å². The molecule has 4 heteroatoms. The molecular weight excluding hydrogens is 160 g/mol. The molecule has 1 rings (SSSR count). The Hall–Kier alpha value is -0.160. The zero-order chi connectivity index (χ0) is 10.3. The van der Waals surface area contributed by atoms with E-state index in [9.17, 15) is 5.11 Å². The van der Waals surface area contributed by atoms with E-state index in [2.05, 4.69) is 0 Å². The average Bonchev–Trinajstić information content (AvgIpc) is 2.22. The molecule has 0 aromatic rings. The van der Waals surface area contributed by atoms with Crippen LogP contribution in [0.5, 0.6) is 0 Å². The molecule has 3 atom stereocenters. The first kappa shape index (κ1) is 8.44. The third-order valence-electron chi connectivity index (χ3n) is 1.95. The zero-order valence-electron chi connectivity index (χ0n) is 8.57. The lowest BCUT2D eigenvalue weighted by atomic mass is 10.0. The van der Waals surface area contributed by atoms with Gasteiger partial charge in [-0.15, -0.1) is 0 Å². The molecule has 1 fully saturated rings. The van der Waals surface area contributed by atoms with Gasteiger partial charge in [0.1, 0.15) is 11.7 Å². The van der Waals surface area contributed by atoms with E-state index < -0.39 is 24.1 Å². The molecule has 1 saturated heterocycles. The van der Waals surface area contributed by atoms with Crippen molar-refractivity contribution < 1.29 is 21.1 Å². The minimum absolute atomic E-state index is 0.268. The van der Waals surface area contributed by atoms with Crippen LogP contribution in [-0.4, -0.2) is 40.9 Å². The Morgan fingerprint density at radius 3 is 2.33 bits per heavy atom. The highest BCUT2D eigenvalue weighted by molar-refractivity contribution is 4.91. The van der Waals surface area contributed by atoms with Crippen molar-refractivity contribution in [1.29, 1.82) is 0 Å². The van der Waals surface area contributed by atoms with Gasteiger partial charge in [-0.3, -0.25) is 0 Å². The molecule has 0 aromatic carbocycles. The first-order valence-electron chi connectivity index (χ1n) is 4.49. The van der Waals surface area contributed by atoms with Crippen LogP contribution in [0.3, 0.4) is 0 Å². The Morgan fingerprint density at radius 1 is 1.42 bits per heavy atom. The maximum absolute atomic E-state index is 9.20. The van der Waals surface area contributed by atoms with Crippen molar-refractivity contribution in [3.8, 4) is 0 Å². The van der Waals surface area contributed by atoms with E-state index >= 15 is 0 Å². The normalized spacial score (nSPS) is 44.1. The van der Waals surface area contributed by atoms with Gasteiger partial charge in [0.25, 0.3) is 0 Å². The number of hydrogen-bond donors (Lipinski definition) is 2. The van der Waals surface area contributed by atoms with E-state index in [1.807, 2.05) is 0 Å². The fraction of sp³-hybridized carbons (Fsp3) is 1.00. The fourth-order valence-electron chi connectivity index (χ4n) is 1.41. The minimum atomic E-state index is -1.42. The predicted octanol–water partition coefficient (Wildman–Crippen LogP) is -0.119. The molecule has 4 nitrogen and oxygen atoms in total. The molecule has 1 unspecified atom stereocenters. The smallest absolute Gasteiger partial charge is 0.164 e. The second-order valence-corrected chi connectivity index (χ2v) is 3.60. The highest BCUT2D eigenvalue weighted by Crippen LogP contribution is 2.35. The third kappa shape index (κ3) is 1.61. The van der Waals surface area contributed by atoms with E-state index in [0.29, 0.717) is 0 Å². The molecule has 0 aromatic heterocycles. The van der Waals surface area contributed by atoms with Gasteiger partial charge in [0.15, 0.2) is 5.79 Å². The number of aliphatic hydroxyl groups excluding tert-OH is 2. The maximum atomic E-state index is 9.20. The lowest BCUT2D eigenvalue weighted by molar-refractivity contribution is -0.167. The summed E-state index contributed by atoms with van der Waals surface area (Å²) in [6.07, 6.45) is -0.657. The van der Waals surface area contributed by atoms with Crippen LogP contribution in [0.15, 0.2) is 0 Å². The molecule has 0 aliphatic carbocycles. The van der Waals surface area contributed by atoms with Crippen molar-refractivity contribution in [2.24, 2.45) is 0 Å². The minimum Gasteiger partial charge on any atom is -0.394 e. The molecular formula is C8H16O4. The van der Waals surface area contributed by atoms with Crippen LogP contribution in [-0.2, 0) is 9.47 Å². The van der Waals surface area contributed by atoms with Crippen molar-refractivity contribution in [1.82, 2.24) is 0 Å². The fourth-order valence-corrected chi connectivity index (χ4v) is 1.41. The summed E-state index contributed by atoms with van der Waals surface area (Å²) in [7, 11) is 0. The summed E-state index contributed by atoms with van der Waals surface area (Å²) in [6, 6.07) is 0. The van der Waals surface area contributed by atoms with Gasteiger partial charge in [-0.05, 0) is 20.8 Å². The molecule has 1 aliphatic heterocycles. The molecule has 0 spiro atoms. The van der Waals surface area contributed by atoms with Gasteiger partial charge in [-0.25, -0.2) is 0 Å². The Labute approximate surface area is 73.5 Å². The summed E-state index contributed by atoms with van der Waals surface area (Å²) in [4.78, 5) is 0. The summed E-state index contributed by atoms with van der Waals surface area (Å²) >= 11 is 0. The molecule has 0 radical (unpaired) electrons. The van der Waals surface area contributed by atoms with Crippen LogP contribution in [0, 0.1) is 0 Å². The van der Waals surface area contributed by atoms with Gasteiger partial charge in [0.05, 0.1) is 14.6 Å². The highest BCUT2D eigenvalue weighted by atomic mass is 16.8. The van der Waals surface area contributed by atoms with Crippen LogP contribution in [0.25, 0.3) is 0 Å². The van der Waals surface area contributed by atoms with Crippen LogP contribution in [0.2, 0.25) is 0 Å². The molecule has 0 saturated carbocycles. The van der Waals surface area contributed by atoms with Crippen LogP contribution >= 0.6 is 0 Å². The number of aliphatic hydroxyl groups is 2. The standard InChI is InChI=1S/C8H16O4/c1-7(2)11-6(4-9)8(3,5-10)12-7/h6,9-10H,4-5H2,1-3H3/t6-,8+/m1/s1/i5D/t5?,6-,8+. The van der Waals surface area contributed by atoms with Crippen LogP contribution in [0.1, 0.15) is 22.1 Å². The first-order valence-corrected chi connectivity index (χ1v) is 3.91. The molecule has 1 aliphatic rings. The summed E-state index contributed by atoms with van der Waals surface area (Å²) < 4.78 is 17.9. The van der Waals surface area contributed by atoms with E-state index in [0.717, 1.165) is 0 Å².